The lowest BCUT2D eigenvalue weighted by molar-refractivity contribution is -0.119. The van der Waals surface area contributed by atoms with Gasteiger partial charge in [-0.1, -0.05) is 42.5 Å². The predicted molar refractivity (Wildman–Crippen MR) is 129 cm³/mol. The molecule has 2 amide bonds. The molecule has 7 nitrogen and oxygen atoms in total. The number of aryl methyl sites for hydroxylation is 1. The van der Waals surface area contributed by atoms with Gasteiger partial charge in [-0.2, -0.15) is 5.10 Å². The summed E-state index contributed by atoms with van der Waals surface area (Å²) in [5, 5.41) is 7.70. The average Bonchev–Trinajstić information content (AvgIpc) is 3.52. The summed E-state index contributed by atoms with van der Waals surface area (Å²) in [7, 11) is 0. The molecule has 2 aromatic carbocycles. The van der Waals surface area contributed by atoms with E-state index >= 15 is 0 Å². The van der Waals surface area contributed by atoms with E-state index in [0.29, 0.717) is 31.5 Å². The first-order valence-electron chi connectivity index (χ1n) is 11.4. The molecular formula is C27H26N4O3. The van der Waals surface area contributed by atoms with Crippen LogP contribution < -0.4 is 10.2 Å². The van der Waals surface area contributed by atoms with Gasteiger partial charge in [0.2, 0.25) is 5.91 Å². The van der Waals surface area contributed by atoms with Gasteiger partial charge in [0.25, 0.3) is 5.91 Å². The first-order valence-corrected chi connectivity index (χ1v) is 11.4. The fourth-order valence-corrected chi connectivity index (χ4v) is 4.20. The lowest BCUT2D eigenvalue weighted by Crippen LogP contribution is -2.37. The second-order valence-corrected chi connectivity index (χ2v) is 8.56. The van der Waals surface area contributed by atoms with Crippen molar-refractivity contribution in [3.63, 3.8) is 0 Å². The van der Waals surface area contributed by atoms with Crippen LogP contribution in [0.2, 0.25) is 0 Å². The Bertz CT molecular complexity index is 1280. The number of furan rings is 1. The van der Waals surface area contributed by atoms with E-state index in [1.807, 2.05) is 72.3 Å². The van der Waals surface area contributed by atoms with Gasteiger partial charge in [0.1, 0.15) is 11.6 Å². The van der Waals surface area contributed by atoms with E-state index in [9.17, 15) is 9.59 Å². The van der Waals surface area contributed by atoms with E-state index in [0.717, 1.165) is 28.4 Å². The van der Waals surface area contributed by atoms with E-state index in [2.05, 4.69) is 5.32 Å². The van der Waals surface area contributed by atoms with E-state index < -0.39 is 0 Å². The largest absolute Gasteiger partial charge is 0.469 e. The third kappa shape index (κ3) is 4.64. The minimum atomic E-state index is -0.134. The van der Waals surface area contributed by atoms with Crippen LogP contribution in [-0.2, 0) is 24.3 Å². The number of rotatable bonds is 7. The number of hydrogen-bond donors (Lipinski definition) is 1. The highest BCUT2D eigenvalue weighted by Gasteiger charge is 2.26. The van der Waals surface area contributed by atoms with Crippen molar-refractivity contribution < 1.29 is 14.0 Å². The Kier molecular flexibility index (Phi) is 5.99. The lowest BCUT2D eigenvalue weighted by atomic mass is 10.1. The number of nitrogens with one attached hydrogen (secondary N) is 1. The number of anilines is 1. The van der Waals surface area contributed by atoms with Crippen molar-refractivity contribution >= 4 is 17.6 Å². The molecule has 0 spiro atoms. The topological polar surface area (TPSA) is 80.4 Å². The van der Waals surface area contributed by atoms with E-state index in [-0.39, 0.29) is 17.9 Å². The molecule has 1 N–H and O–H groups in total. The Morgan fingerprint density at radius 2 is 1.88 bits per heavy atom. The van der Waals surface area contributed by atoms with E-state index in [4.69, 9.17) is 9.52 Å². The van der Waals surface area contributed by atoms with Crippen molar-refractivity contribution in [2.75, 3.05) is 4.90 Å². The Labute approximate surface area is 198 Å². The quantitative estimate of drug-likeness (QED) is 0.448. The van der Waals surface area contributed by atoms with Gasteiger partial charge in [-0.3, -0.25) is 14.5 Å². The van der Waals surface area contributed by atoms with Crippen molar-refractivity contribution in [3.8, 4) is 11.3 Å². The molecule has 0 saturated heterocycles. The molecule has 4 aromatic rings. The summed E-state index contributed by atoms with van der Waals surface area (Å²) < 4.78 is 7.24. The number of aromatic nitrogens is 2. The third-order valence-electron chi connectivity index (χ3n) is 5.97. The summed E-state index contributed by atoms with van der Waals surface area (Å²) in [4.78, 5) is 27.1. The lowest BCUT2D eigenvalue weighted by Gasteiger charge is -2.27. The van der Waals surface area contributed by atoms with Crippen LogP contribution >= 0.6 is 0 Å². The zero-order valence-corrected chi connectivity index (χ0v) is 19.0. The molecule has 34 heavy (non-hydrogen) atoms. The number of hydrogen-bond acceptors (Lipinski definition) is 4. The van der Waals surface area contributed by atoms with Crippen molar-refractivity contribution in [1.82, 2.24) is 15.1 Å². The van der Waals surface area contributed by atoms with Gasteiger partial charge in [-0.25, -0.2) is 4.68 Å². The van der Waals surface area contributed by atoms with Crippen LogP contribution in [0.15, 0.2) is 83.5 Å². The fourth-order valence-electron chi connectivity index (χ4n) is 4.20. The van der Waals surface area contributed by atoms with Gasteiger partial charge in [0.15, 0.2) is 0 Å². The highest BCUT2D eigenvalue weighted by atomic mass is 16.3. The number of amides is 2. The van der Waals surface area contributed by atoms with Crippen molar-refractivity contribution in [2.45, 2.75) is 38.9 Å². The smallest absolute Gasteiger partial charge is 0.251 e. The molecule has 2 aromatic heterocycles. The van der Waals surface area contributed by atoms with Crippen LogP contribution in [0.1, 0.15) is 35.0 Å². The molecular weight excluding hydrogens is 428 g/mol. The third-order valence-corrected chi connectivity index (χ3v) is 5.97. The molecule has 0 aliphatic carbocycles. The summed E-state index contributed by atoms with van der Waals surface area (Å²) in [5.74, 6) is 1.57. The van der Waals surface area contributed by atoms with Gasteiger partial charge in [0, 0.05) is 36.1 Å². The van der Waals surface area contributed by atoms with Gasteiger partial charge in [-0.05, 0) is 36.8 Å². The molecule has 0 fully saturated rings. The maximum absolute atomic E-state index is 12.7. The number of carbonyl (C=O) groups is 2. The standard InChI is InChI=1S/C27H26N4O3/c1-19(16-23-8-5-15-34-23)28-27(33)22-11-9-20(10-12-22)18-30-25-17-24(21-6-3-2-4-7-21)29-31(25)14-13-26(30)32/h2-12,15,17,19H,13-14,16,18H2,1H3,(H,28,33)/t19-/m0/s1. The summed E-state index contributed by atoms with van der Waals surface area (Å²) in [6, 6.07) is 23.0. The second kappa shape index (κ2) is 9.39. The van der Waals surface area contributed by atoms with Gasteiger partial charge in [0.05, 0.1) is 25.0 Å². The van der Waals surface area contributed by atoms with Gasteiger partial charge in [-0.15, -0.1) is 0 Å². The molecule has 1 aliphatic heterocycles. The zero-order chi connectivity index (χ0) is 23.5. The molecule has 7 heteroatoms. The Morgan fingerprint density at radius 3 is 2.62 bits per heavy atom. The molecule has 5 rings (SSSR count). The first kappa shape index (κ1) is 21.7. The molecule has 1 atom stereocenters. The minimum Gasteiger partial charge on any atom is -0.469 e. The fraction of sp³-hybridized carbons (Fsp3) is 0.222. The molecule has 0 unspecified atom stereocenters. The molecule has 3 heterocycles. The van der Waals surface area contributed by atoms with E-state index in [1.165, 1.54) is 0 Å². The number of benzene rings is 2. The molecule has 172 valence electrons. The molecule has 0 radical (unpaired) electrons. The summed E-state index contributed by atoms with van der Waals surface area (Å²) >= 11 is 0. The summed E-state index contributed by atoms with van der Waals surface area (Å²) in [5.41, 5.74) is 3.40. The van der Waals surface area contributed by atoms with Crippen LogP contribution in [-0.4, -0.2) is 27.6 Å². The molecule has 1 aliphatic rings. The van der Waals surface area contributed by atoms with Gasteiger partial charge < -0.3 is 9.73 Å². The summed E-state index contributed by atoms with van der Waals surface area (Å²) in [6.07, 6.45) is 2.68. The van der Waals surface area contributed by atoms with Crippen molar-refractivity contribution in [1.29, 1.82) is 0 Å². The minimum absolute atomic E-state index is 0.0524. The van der Waals surface area contributed by atoms with Crippen molar-refractivity contribution in [2.24, 2.45) is 0 Å². The SMILES string of the molecule is C[C@@H](Cc1ccco1)NC(=O)c1ccc(CN2C(=O)CCn3nc(-c4ccccc4)cc32)cc1. The normalized spacial score (nSPS) is 14.0. The van der Waals surface area contributed by atoms with Crippen LogP contribution in [0.5, 0.6) is 0 Å². The number of fused-ring (bicyclic) bond motifs is 1. The maximum atomic E-state index is 12.7. The Hall–Kier alpha value is -4.13. The summed E-state index contributed by atoms with van der Waals surface area (Å²) in [6.45, 7) is 2.95. The second-order valence-electron chi connectivity index (χ2n) is 8.56. The maximum Gasteiger partial charge on any atom is 0.251 e. The number of carbonyl (C=O) groups excluding carboxylic acids is 2. The van der Waals surface area contributed by atoms with Gasteiger partial charge >= 0.3 is 0 Å². The highest BCUT2D eigenvalue weighted by Crippen LogP contribution is 2.29. The van der Waals surface area contributed by atoms with Crippen LogP contribution in [0.4, 0.5) is 5.82 Å². The molecule has 0 saturated carbocycles. The Balaban J connectivity index is 1.27. The average molecular weight is 455 g/mol. The first-order chi connectivity index (χ1) is 16.6. The van der Waals surface area contributed by atoms with E-state index in [1.54, 1.807) is 23.3 Å². The van der Waals surface area contributed by atoms with Crippen LogP contribution in [0.3, 0.4) is 0 Å². The Morgan fingerprint density at radius 1 is 1.09 bits per heavy atom. The van der Waals surface area contributed by atoms with Crippen molar-refractivity contribution in [3.05, 3.63) is 95.9 Å². The zero-order valence-electron chi connectivity index (χ0n) is 19.0. The number of nitrogens with zero attached hydrogens (tertiary/aromatic N) is 3. The predicted octanol–water partition coefficient (Wildman–Crippen LogP) is 4.44. The van der Waals surface area contributed by atoms with Crippen LogP contribution in [0.25, 0.3) is 11.3 Å². The monoisotopic (exact) mass is 454 g/mol. The highest BCUT2D eigenvalue weighted by molar-refractivity contribution is 5.95. The van der Waals surface area contributed by atoms with Crippen LogP contribution in [0, 0.1) is 0 Å². The molecule has 0 bridgehead atoms.